The predicted molar refractivity (Wildman–Crippen MR) is 82.9 cm³/mol. The Balaban J connectivity index is 1.90. The number of nitrogens with zero attached hydrogens (tertiary/aromatic N) is 2. The first-order valence-corrected chi connectivity index (χ1v) is 7.10. The topological polar surface area (TPSA) is 81.5 Å². The molecule has 3 heterocycles. The summed E-state index contributed by atoms with van der Waals surface area (Å²) in [6, 6.07) is 8.72. The third-order valence-corrected chi connectivity index (χ3v) is 3.68. The Morgan fingerprint density at radius 1 is 1.09 bits per heavy atom. The van der Waals surface area contributed by atoms with Crippen molar-refractivity contribution in [2.75, 3.05) is 13.2 Å². The zero-order valence-corrected chi connectivity index (χ0v) is 12.0. The number of pyridine rings is 2. The molecule has 3 aromatic rings. The Hall–Kier alpha value is -3.15. The second-order valence-corrected chi connectivity index (χ2v) is 5.11. The fourth-order valence-electron chi connectivity index (χ4n) is 2.60. The molecule has 0 saturated heterocycles. The summed E-state index contributed by atoms with van der Waals surface area (Å²) in [6.07, 6.45) is 3.11. The van der Waals surface area contributed by atoms with Gasteiger partial charge >= 0.3 is 5.97 Å². The molecule has 0 fully saturated rings. The molecule has 0 radical (unpaired) electrons. The number of ether oxygens (including phenoxy) is 2. The number of hydrogen-bond donors (Lipinski definition) is 1. The average Bonchev–Trinajstić information content (AvgIpc) is 2.60. The molecule has 0 aliphatic carbocycles. The maximum atomic E-state index is 11.5. The van der Waals surface area contributed by atoms with Crippen LogP contribution in [0.1, 0.15) is 10.4 Å². The highest BCUT2D eigenvalue weighted by Crippen LogP contribution is 2.34. The number of benzene rings is 1. The van der Waals surface area contributed by atoms with Crippen molar-refractivity contribution in [3.63, 3.8) is 0 Å². The first-order chi connectivity index (χ1) is 11.2. The van der Waals surface area contributed by atoms with E-state index in [9.17, 15) is 9.90 Å². The SMILES string of the molecule is O=C(O)c1cc(-c2ccc3c(c2)OCCO3)nc2ccncc12. The van der Waals surface area contributed by atoms with Crippen LogP contribution in [0.5, 0.6) is 11.5 Å². The van der Waals surface area contributed by atoms with Crippen LogP contribution >= 0.6 is 0 Å². The van der Waals surface area contributed by atoms with Gasteiger partial charge in [0.15, 0.2) is 11.5 Å². The van der Waals surface area contributed by atoms with E-state index in [2.05, 4.69) is 9.97 Å². The van der Waals surface area contributed by atoms with E-state index in [4.69, 9.17) is 9.47 Å². The van der Waals surface area contributed by atoms with Crippen molar-refractivity contribution in [3.05, 3.63) is 48.3 Å². The fourth-order valence-corrected chi connectivity index (χ4v) is 2.60. The maximum absolute atomic E-state index is 11.5. The van der Waals surface area contributed by atoms with E-state index in [-0.39, 0.29) is 5.56 Å². The Morgan fingerprint density at radius 3 is 2.74 bits per heavy atom. The lowest BCUT2D eigenvalue weighted by Gasteiger charge is -2.19. The van der Waals surface area contributed by atoms with Crippen LogP contribution in [0.15, 0.2) is 42.7 Å². The molecule has 6 nitrogen and oxygen atoms in total. The first-order valence-electron chi connectivity index (χ1n) is 7.10. The van der Waals surface area contributed by atoms with E-state index >= 15 is 0 Å². The van der Waals surface area contributed by atoms with Crippen molar-refractivity contribution in [1.29, 1.82) is 0 Å². The largest absolute Gasteiger partial charge is 0.486 e. The molecule has 23 heavy (non-hydrogen) atoms. The summed E-state index contributed by atoms with van der Waals surface area (Å²) in [7, 11) is 0. The van der Waals surface area contributed by atoms with Crippen molar-refractivity contribution in [3.8, 4) is 22.8 Å². The molecule has 0 amide bonds. The lowest BCUT2D eigenvalue weighted by Crippen LogP contribution is -2.15. The number of aromatic carboxylic acids is 1. The second-order valence-electron chi connectivity index (χ2n) is 5.11. The van der Waals surface area contributed by atoms with E-state index in [1.54, 1.807) is 18.3 Å². The van der Waals surface area contributed by atoms with E-state index in [1.807, 2.05) is 18.2 Å². The molecule has 0 atom stereocenters. The summed E-state index contributed by atoms with van der Waals surface area (Å²) >= 11 is 0. The molecule has 6 heteroatoms. The van der Waals surface area contributed by atoms with Crippen LogP contribution in [-0.2, 0) is 0 Å². The predicted octanol–water partition coefficient (Wildman–Crippen LogP) is 2.77. The van der Waals surface area contributed by atoms with Gasteiger partial charge in [0.05, 0.1) is 16.8 Å². The average molecular weight is 308 g/mol. The zero-order chi connectivity index (χ0) is 15.8. The lowest BCUT2D eigenvalue weighted by molar-refractivity contribution is 0.0699. The summed E-state index contributed by atoms with van der Waals surface area (Å²) in [4.78, 5) is 20.0. The van der Waals surface area contributed by atoms with Crippen LogP contribution in [0, 0.1) is 0 Å². The van der Waals surface area contributed by atoms with Gasteiger partial charge in [0.2, 0.25) is 0 Å². The monoisotopic (exact) mass is 308 g/mol. The molecule has 1 N–H and O–H groups in total. The van der Waals surface area contributed by atoms with E-state index in [1.165, 1.54) is 6.20 Å². The minimum absolute atomic E-state index is 0.174. The number of carboxylic acids is 1. The highest BCUT2D eigenvalue weighted by atomic mass is 16.6. The molecule has 0 saturated carbocycles. The van der Waals surface area contributed by atoms with Gasteiger partial charge in [0.25, 0.3) is 0 Å². The van der Waals surface area contributed by atoms with Gasteiger partial charge in [-0.2, -0.15) is 0 Å². The van der Waals surface area contributed by atoms with Crippen LogP contribution in [0.4, 0.5) is 0 Å². The van der Waals surface area contributed by atoms with Gasteiger partial charge in [0.1, 0.15) is 13.2 Å². The second kappa shape index (κ2) is 5.24. The van der Waals surface area contributed by atoms with Gasteiger partial charge in [-0.3, -0.25) is 4.98 Å². The highest BCUT2D eigenvalue weighted by molar-refractivity contribution is 6.03. The van der Waals surface area contributed by atoms with Crippen LogP contribution in [0.25, 0.3) is 22.2 Å². The normalized spacial score (nSPS) is 13.0. The first kappa shape index (κ1) is 13.5. The Morgan fingerprint density at radius 2 is 1.91 bits per heavy atom. The maximum Gasteiger partial charge on any atom is 0.336 e. The summed E-state index contributed by atoms with van der Waals surface area (Å²) < 4.78 is 11.1. The summed E-state index contributed by atoms with van der Waals surface area (Å²) in [5.74, 6) is 0.315. The van der Waals surface area contributed by atoms with Gasteiger partial charge in [-0.05, 0) is 30.3 Å². The van der Waals surface area contributed by atoms with Crippen LogP contribution in [-0.4, -0.2) is 34.3 Å². The molecule has 1 aliphatic heterocycles. The molecule has 4 rings (SSSR count). The van der Waals surface area contributed by atoms with Crippen LogP contribution in [0.2, 0.25) is 0 Å². The standard InChI is InChI=1S/C17H12N2O4/c20-17(21)11-8-14(19-13-3-4-18-9-12(11)13)10-1-2-15-16(7-10)23-6-5-22-15/h1-4,7-9H,5-6H2,(H,20,21). The number of carboxylic acid groups (broad SMARTS) is 1. The quantitative estimate of drug-likeness (QED) is 0.784. The molecule has 114 valence electrons. The third kappa shape index (κ3) is 2.34. The minimum atomic E-state index is -1.01. The molecule has 1 aliphatic rings. The van der Waals surface area contributed by atoms with Crippen LogP contribution in [0.3, 0.4) is 0 Å². The van der Waals surface area contributed by atoms with Crippen molar-refractivity contribution < 1.29 is 19.4 Å². The molecule has 0 spiro atoms. The third-order valence-electron chi connectivity index (χ3n) is 3.68. The van der Waals surface area contributed by atoms with Gasteiger partial charge in [-0.25, -0.2) is 9.78 Å². The Bertz CT molecular complexity index is 924. The number of hydrogen-bond acceptors (Lipinski definition) is 5. The smallest absolute Gasteiger partial charge is 0.336 e. The molecule has 0 bridgehead atoms. The van der Waals surface area contributed by atoms with Gasteiger partial charge in [0, 0.05) is 23.3 Å². The highest BCUT2D eigenvalue weighted by Gasteiger charge is 2.16. The van der Waals surface area contributed by atoms with Gasteiger partial charge in [-0.15, -0.1) is 0 Å². The summed E-state index contributed by atoms with van der Waals surface area (Å²) in [5.41, 5.74) is 2.10. The molecular weight excluding hydrogens is 296 g/mol. The van der Waals surface area contributed by atoms with Crippen molar-refractivity contribution in [2.24, 2.45) is 0 Å². The van der Waals surface area contributed by atoms with Crippen molar-refractivity contribution in [1.82, 2.24) is 9.97 Å². The number of rotatable bonds is 2. The molecule has 1 aromatic carbocycles. The van der Waals surface area contributed by atoms with E-state index < -0.39 is 5.97 Å². The van der Waals surface area contributed by atoms with Gasteiger partial charge < -0.3 is 14.6 Å². The van der Waals surface area contributed by atoms with Crippen molar-refractivity contribution in [2.45, 2.75) is 0 Å². The van der Waals surface area contributed by atoms with Crippen LogP contribution < -0.4 is 9.47 Å². The summed E-state index contributed by atoms with van der Waals surface area (Å²) in [5, 5.41) is 9.96. The van der Waals surface area contributed by atoms with E-state index in [0.717, 1.165) is 5.56 Å². The lowest BCUT2D eigenvalue weighted by atomic mass is 10.0. The van der Waals surface area contributed by atoms with E-state index in [0.29, 0.717) is 41.3 Å². The fraction of sp³-hybridized carbons (Fsp3) is 0.118. The molecular formula is C17H12N2O4. The Labute approximate surface area is 131 Å². The number of carbonyl (C=O) groups is 1. The molecule has 0 unspecified atom stereocenters. The Kier molecular flexibility index (Phi) is 3.08. The minimum Gasteiger partial charge on any atom is -0.486 e. The zero-order valence-electron chi connectivity index (χ0n) is 12.0. The van der Waals surface area contributed by atoms with Gasteiger partial charge in [-0.1, -0.05) is 0 Å². The number of aromatic nitrogens is 2. The van der Waals surface area contributed by atoms with Crippen molar-refractivity contribution >= 4 is 16.9 Å². The number of fused-ring (bicyclic) bond motifs is 2. The molecule has 2 aromatic heterocycles. The summed E-state index contributed by atoms with van der Waals surface area (Å²) in [6.45, 7) is 1.02.